The quantitative estimate of drug-likeness (QED) is 0.343. The van der Waals surface area contributed by atoms with Gasteiger partial charge in [0.25, 0.3) is 0 Å². The van der Waals surface area contributed by atoms with E-state index in [4.69, 9.17) is 0 Å². The lowest BCUT2D eigenvalue weighted by molar-refractivity contribution is 0.103. The summed E-state index contributed by atoms with van der Waals surface area (Å²) in [6.07, 6.45) is 0. The Morgan fingerprint density at radius 2 is 0.800 bits per heavy atom. The van der Waals surface area contributed by atoms with E-state index in [1.165, 1.54) is 0 Å². The Balaban J connectivity index is 1.77. The van der Waals surface area contributed by atoms with Crippen molar-refractivity contribution in [1.29, 1.82) is 0 Å². The molecule has 0 saturated carbocycles. The largest absolute Gasteiger partial charge is 0.317 e. The molecule has 30 heavy (non-hydrogen) atoms. The molecule has 0 unspecified atom stereocenters. The molecular formula is C26H19O3P. The van der Waals surface area contributed by atoms with Crippen LogP contribution in [0.5, 0.6) is 0 Å². The maximum absolute atomic E-state index is 13.6. The molecule has 0 amide bonds. The van der Waals surface area contributed by atoms with Crippen LogP contribution >= 0.6 is 7.80 Å². The van der Waals surface area contributed by atoms with Gasteiger partial charge in [0.2, 0.25) is 0 Å². The van der Waals surface area contributed by atoms with Gasteiger partial charge in [-0.15, -0.1) is 0 Å². The Hall–Kier alpha value is -3.55. The zero-order valence-electron chi connectivity index (χ0n) is 16.1. The second-order valence-corrected chi connectivity index (χ2v) is 8.55. The van der Waals surface area contributed by atoms with Crippen molar-refractivity contribution < 1.29 is 14.2 Å². The number of hydrogen-bond acceptors (Lipinski definition) is 3. The number of rotatable bonds is 6. The van der Waals surface area contributed by atoms with Crippen LogP contribution in [0.2, 0.25) is 0 Å². The Morgan fingerprint density at radius 3 is 1.20 bits per heavy atom. The van der Waals surface area contributed by atoms with Crippen molar-refractivity contribution in [2.24, 2.45) is 0 Å². The highest BCUT2D eigenvalue weighted by atomic mass is 31.1. The minimum atomic E-state index is -2.60. The summed E-state index contributed by atoms with van der Waals surface area (Å²) in [7, 11) is -2.60. The lowest BCUT2D eigenvalue weighted by Gasteiger charge is -2.12. The lowest BCUT2D eigenvalue weighted by Crippen LogP contribution is -2.20. The third-order valence-electron chi connectivity index (χ3n) is 4.90. The van der Waals surface area contributed by atoms with Gasteiger partial charge < -0.3 is 4.57 Å². The maximum atomic E-state index is 13.6. The van der Waals surface area contributed by atoms with Crippen molar-refractivity contribution >= 4 is 30.0 Å². The van der Waals surface area contributed by atoms with Crippen LogP contribution in [0.25, 0.3) is 0 Å². The number of benzene rings is 4. The summed E-state index contributed by atoms with van der Waals surface area (Å²) in [5.74, 6) is -0.368. The molecule has 4 rings (SSSR count). The monoisotopic (exact) mass is 410 g/mol. The van der Waals surface area contributed by atoms with Crippen molar-refractivity contribution in [2.45, 2.75) is 0 Å². The number of hydrogen-bond donors (Lipinski definition) is 0. The maximum Gasteiger partial charge on any atom is 0.193 e. The van der Waals surface area contributed by atoms with Gasteiger partial charge in [-0.3, -0.25) is 9.59 Å². The highest BCUT2D eigenvalue weighted by Gasteiger charge is 2.22. The summed E-state index contributed by atoms with van der Waals surface area (Å²) in [4.78, 5) is 26.1. The fourth-order valence-corrected chi connectivity index (χ4v) is 5.06. The summed E-state index contributed by atoms with van der Waals surface area (Å²) < 4.78 is 13.6. The van der Waals surface area contributed by atoms with Crippen LogP contribution in [0, 0.1) is 0 Å². The summed E-state index contributed by atoms with van der Waals surface area (Å²) in [5, 5.41) is 0.925. The van der Waals surface area contributed by atoms with Crippen molar-refractivity contribution in [3.05, 3.63) is 131 Å². The molecular weight excluding hydrogens is 391 g/mol. The van der Waals surface area contributed by atoms with E-state index in [1.807, 2.05) is 12.1 Å². The molecule has 0 bridgehead atoms. The number of ketones is 2. The fraction of sp³-hybridized carbons (Fsp3) is 0. The van der Waals surface area contributed by atoms with E-state index in [-0.39, 0.29) is 11.6 Å². The van der Waals surface area contributed by atoms with E-state index in [2.05, 4.69) is 0 Å². The lowest BCUT2D eigenvalue weighted by atomic mass is 10.0. The third-order valence-corrected chi connectivity index (χ3v) is 6.76. The minimum absolute atomic E-state index is 0.184. The van der Waals surface area contributed by atoms with Gasteiger partial charge in [-0.25, -0.2) is 0 Å². The molecule has 0 aromatic heterocycles. The fourth-order valence-electron chi connectivity index (χ4n) is 3.39. The van der Waals surface area contributed by atoms with Crippen molar-refractivity contribution in [1.82, 2.24) is 0 Å². The predicted octanol–water partition coefficient (Wildman–Crippen LogP) is 4.66. The van der Waals surface area contributed by atoms with Gasteiger partial charge >= 0.3 is 0 Å². The molecule has 0 heterocycles. The molecule has 0 atom stereocenters. The number of carbonyl (C=O) groups excluding carboxylic acids is 2. The molecule has 4 aromatic carbocycles. The summed E-state index contributed by atoms with van der Waals surface area (Å²) in [5.41, 5.74) is 1.87. The summed E-state index contributed by atoms with van der Waals surface area (Å²) >= 11 is 0. The molecule has 0 spiro atoms. The molecule has 0 saturated heterocycles. The second kappa shape index (κ2) is 8.86. The third kappa shape index (κ3) is 3.94. The topological polar surface area (TPSA) is 51.2 Å². The number of carbonyl (C=O) groups is 2. The van der Waals surface area contributed by atoms with Gasteiger partial charge in [0.15, 0.2) is 11.6 Å². The van der Waals surface area contributed by atoms with Gasteiger partial charge in [-0.2, -0.15) is 0 Å². The average molecular weight is 410 g/mol. The van der Waals surface area contributed by atoms with E-state index in [9.17, 15) is 14.2 Å². The van der Waals surface area contributed by atoms with E-state index in [0.717, 1.165) is 0 Å². The molecule has 0 fully saturated rings. The molecule has 4 aromatic rings. The van der Waals surface area contributed by atoms with E-state index in [0.29, 0.717) is 32.9 Å². The minimum Gasteiger partial charge on any atom is -0.317 e. The van der Waals surface area contributed by atoms with Crippen molar-refractivity contribution in [2.75, 3.05) is 0 Å². The normalized spacial score (nSPS) is 10.7. The first-order valence-corrected chi connectivity index (χ1v) is 11.0. The van der Waals surface area contributed by atoms with Crippen LogP contribution in [0.1, 0.15) is 31.8 Å². The Morgan fingerprint density at radius 1 is 0.467 bits per heavy atom. The summed E-state index contributed by atoms with van der Waals surface area (Å²) in [6, 6.07) is 31.7. The molecule has 4 heteroatoms. The molecule has 0 N–H and O–H groups in total. The predicted molar refractivity (Wildman–Crippen MR) is 121 cm³/mol. The van der Waals surface area contributed by atoms with Gasteiger partial charge in [-0.05, 0) is 0 Å². The van der Waals surface area contributed by atoms with Crippen LogP contribution in [0.3, 0.4) is 0 Å². The Bertz CT molecular complexity index is 1130. The van der Waals surface area contributed by atoms with Gasteiger partial charge in [-0.1, -0.05) is 109 Å². The first-order valence-electron chi connectivity index (χ1n) is 9.59. The van der Waals surface area contributed by atoms with Crippen LogP contribution < -0.4 is 10.6 Å². The van der Waals surface area contributed by atoms with Gasteiger partial charge in [0.05, 0.1) is 0 Å². The Labute approximate surface area is 175 Å². The SMILES string of the molecule is O=C(c1ccccc1)c1ccccc1[PH](=O)c1ccccc1C(=O)c1ccccc1. The molecule has 0 aliphatic rings. The second-order valence-electron chi connectivity index (χ2n) is 6.81. The van der Waals surface area contributed by atoms with Gasteiger partial charge in [0.1, 0.15) is 7.80 Å². The highest BCUT2D eigenvalue weighted by Crippen LogP contribution is 2.26. The summed E-state index contributed by atoms with van der Waals surface area (Å²) in [6.45, 7) is 0. The molecule has 3 nitrogen and oxygen atoms in total. The molecule has 0 aliphatic carbocycles. The average Bonchev–Trinajstić information content (AvgIpc) is 2.84. The first kappa shape index (κ1) is 19.8. The zero-order valence-corrected chi connectivity index (χ0v) is 17.1. The standard InChI is InChI=1S/C26H19O3P/c27-25(19-11-3-1-4-12-19)21-15-7-9-17-23(21)30(29)24-18-10-8-16-22(24)26(28)20-13-5-2-6-14-20/h1-18,30H. The first-order chi connectivity index (χ1) is 14.7. The van der Waals surface area contributed by atoms with E-state index >= 15 is 0 Å². The smallest absolute Gasteiger partial charge is 0.193 e. The van der Waals surface area contributed by atoms with Crippen LogP contribution in [-0.2, 0) is 4.57 Å². The molecule has 0 radical (unpaired) electrons. The molecule has 146 valence electrons. The van der Waals surface area contributed by atoms with Crippen LogP contribution in [0.4, 0.5) is 0 Å². The van der Waals surface area contributed by atoms with Crippen LogP contribution in [-0.4, -0.2) is 11.6 Å². The van der Waals surface area contributed by atoms with E-state index in [1.54, 1.807) is 97.1 Å². The van der Waals surface area contributed by atoms with Crippen molar-refractivity contribution in [3.63, 3.8) is 0 Å². The zero-order chi connectivity index (χ0) is 20.9. The van der Waals surface area contributed by atoms with E-state index < -0.39 is 7.80 Å². The van der Waals surface area contributed by atoms with Crippen molar-refractivity contribution in [3.8, 4) is 0 Å². The molecule has 0 aliphatic heterocycles. The Kier molecular flexibility index (Phi) is 5.83. The van der Waals surface area contributed by atoms with Crippen LogP contribution in [0.15, 0.2) is 109 Å². The van der Waals surface area contributed by atoms with Gasteiger partial charge in [0, 0.05) is 32.9 Å². The highest BCUT2D eigenvalue weighted by molar-refractivity contribution is 7.61.